The van der Waals surface area contributed by atoms with Crippen molar-refractivity contribution < 1.29 is 5.11 Å². The van der Waals surface area contributed by atoms with Crippen LogP contribution >= 0.6 is 46.4 Å². The molecule has 0 atom stereocenters. The van der Waals surface area contributed by atoms with E-state index in [1.165, 1.54) is 6.07 Å². The number of benzene rings is 2. The van der Waals surface area contributed by atoms with Crippen LogP contribution in [-0.4, -0.2) is 5.11 Å². The number of aromatic hydroxyl groups is 1. The van der Waals surface area contributed by atoms with Gasteiger partial charge in [-0.05, 0) is 35.9 Å². The van der Waals surface area contributed by atoms with Gasteiger partial charge in [0.25, 0.3) is 0 Å². The molecule has 1 N–H and O–H groups in total. The Hall–Kier alpha value is -0.600. The van der Waals surface area contributed by atoms with Gasteiger partial charge in [-0.25, -0.2) is 0 Å². The van der Waals surface area contributed by atoms with Crippen molar-refractivity contribution in [3.63, 3.8) is 0 Å². The molecule has 0 aliphatic heterocycles. The fourth-order valence-electron chi connectivity index (χ4n) is 1.46. The van der Waals surface area contributed by atoms with Gasteiger partial charge in [-0.3, -0.25) is 0 Å². The Morgan fingerprint density at radius 3 is 1.94 bits per heavy atom. The standard InChI is InChI=1S/C12H6Cl4O/c13-7-1-2-8(11(17)5-7)6-3-9(14)12(16)10(15)4-6/h1-5,17H. The summed E-state index contributed by atoms with van der Waals surface area (Å²) in [7, 11) is 0. The van der Waals surface area contributed by atoms with Crippen molar-refractivity contribution in [2.24, 2.45) is 0 Å². The molecule has 2 aromatic carbocycles. The number of phenols is 1. The number of phenolic OH excluding ortho intramolecular Hbond substituents is 1. The average molecular weight is 308 g/mol. The first-order chi connectivity index (χ1) is 7.99. The second-order valence-corrected chi connectivity index (χ2v) is 5.04. The molecule has 17 heavy (non-hydrogen) atoms. The highest BCUT2D eigenvalue weighted by Crippen LogP contribution is 2.38. The molecule has 0 heterocycles. The first-order valence-electron chi connectivity index (χ1n) is 4.62. The maximum absolute atomic E-state index is 9.79. The van der Waals surface area contributed by atoms with Crippen molar-refractivity contribution in [1.82, 2.24) is 0 Å². The largest absolute Gasteiger partial charge is 0.507 e. The van der Waals surface area contributed by atoms with Gasteiger partial charge in [0.15, 0.2) is 0 Å². The van der Waals surface area contributed by atoms with E-state index < -0.39 is 0 Å². The van der Waals surface area contributed by atoms with Crippen LogP contribution in [0.15, 0.2) is 30.3 Å². The quantitative estimate of drug-likeness (QED) is 0.673. The maximum Gasteiger partial charge on any atom is 0.124 e. The molecular weight excluding hydrogens is 302 g/mol. The molecule has 2 rings (SSSR count). The lowest BCUT2D eigenvalue weighted by atomic mass is 10.0. The molecule has 5 heteroatoms. The number of hydrogen-bond acceptors (Lipinski definition) is 1. The van der Waals surface area contributed by atoms with Gasteiger partial charge in [0.2, 0.25) is 0 Å². The minimum absolute atomic E-state index is 0.0620. The van der Waals surface area contributed by atoms with Crippen LogP contribution in [-0.2, 0) is 0 Å². The number of hydrogen-bond donors (Lipinski definition) is 1. The van der Waals surface area contributed by atoms with Crippen LogP contribution in [0.5, 0.6) is 5.75 Å². The summed E-state index contributed by atoms with van der Waals surface area (Å²) in [5, 5.41) is 11.2. The van der Waals surface area contributed by atoms with Crippen molar-refractivity contribution in [2.75, 3.05) is 0 Å². The summed E-state index contributed by atoms with van der Waals surface area (Å²) >= 11 is 23.5. The van der Waals surface area contributed by atoms with Gasteiger partial charge in [0.05, 0.1) is 15.1 Å². The summed E-state index contributed by atoms with van der Waals surface area (Å²) in [5.41, 5.74) is 1.27. The summed E-state index contributed by atoms with van der Waals surface area (Å²) in [6, 6.07) is 8.09. The van der Waals surface area contributed by atoms with Crippen molar-refractivity contribution in [2.45, 2.75) is 0 Å². The Bertz CT molecular complexity index is 558. The Labute approximate surface area is 118 Å². The lowest BCUT2D eigenvalue weighted by Gasteiger charge is -2.08. The van der Waals surface area contributed by atoms with Gasteiger partial charge in [-0.1, -0.05) is 46.4 Å². The first kappa shape index (κ1) is 12.8. The van der Waals surface area contributed by atoms with E-state index in [4.69, 9.17) is 46.4 Å². The molecule has 0 radical (unpaired) electrons. The highest BCUT2D eigenvalue weighted by atomic mass is 35.5. The van der Waals surface area contributed by atoms with E-state index in [1.807, 2.05) is 0 Å². The molecule has 0 amide bonds. The minimum Gasteiger partial charge on any atom is -0.507 e. The van der Waals surface area contributed by atoms with Crippen LogP contribution in [0, 0.1) is 0 Å². The minimum atomic E-state index is 0.0620. The van der Waals surface area contributed by atoms with Crippen molar-refractivity contribution in [3.05, 3.63) is 50.4 Å². The molecule has 0 aliphatic carbocycles. The Morgan fingerprint density at radius 2 is 1.41 bits per heavy atom. The van der Waals surface area contributed by atoms with Crippen LogP contribution < -0.4 is 0 Å². The Balaban J connectivity index is 2.61. The van der Waals surface area contributed by atoms with E-state index in [9.17, 15) is 5.11 Å². The van der Waals surface area contributed by atoms with Crippen molar-refractivity contribution in [1.29, 1.82) is 0 Å². The maximum atomic E-state index is 9.79. The van der Waals surface area contributed by atoms with Crippen LogP contribution in [0.3, 0.4) is 0 Å². The fourth-order valence-corrected chi connectivity index (χ4v) is 2.22. The molecule has 0 aromatic heterocycles. The van der Waals surface area contributed by atoms with Gasteiger partial charge in [0, 0.05) is 10.6 Å². The molecular formula is C12H6Cl4O. The third-order valence-electron chi connectivity index (χ3n) is 2.25. The van der Waals surface area contributed by atoms with Crippen molar-refractivity contribution >= 4 is 46.4 Å². The predicted molar refractivity (Wildman–Crippen MR) is 73.6 cm³/mol. The van der Waals surface area contributed by atoms with Gasteiger partial charge < -0.3 is 5.11 Å². The molecule has 0 aliphatic rings. The van der Waals surface area contributed by atoms with Gasteiger partial charge in [0.1, 0.15) is 5.75 Å². The topological polar surface area (TPSA) is 20.2 Å². The molecule has 0 fully saturated rings. The average Bonchev–Trinajstić information content (AvgIpc) is 2.25. The third kappa shape index (κ3) is 2.63. The highest BCUT2D eigenvalue weighted by Gasteiger charge is 2.10. The number of halogens is 4. The second-order valence-electron chi connectivity index (χ2n) is 3.42. The normalized spacial score (nSPS) is 10.6. The highest BCUT2D eigenvalue weighted by molar-refractivity contribution is 6.48. The van der Waals surface area contributed by atoms with Gasteiger partial charge in [-0.2, -0.15) is 0 Å². The fraction of sp³-hybridized carbons (Fsp3) is 0. The van der Waals surface area contributed by atoms with Crippen LogP contribution in [0.4, 0.5) is 0 Å². The predicted octanol–water partition coefficient (Wildman–Crippen LogP) is 5.67. The van der Waals surface area contributed by atoms with Gasteiger partial charge >= 0.3 is 0 Å². The van der Waals surface area contributed by atoms with Gasteiger partial charge in [-0.15, -0.1) is 0 Å². The third-order valence-corrected chi connectivity index (χ3v) is 3.69. The lowest BCUT2D eigenvalue weighted by molar-refractivity contribution is 0.477. The zero-order valence-electron chi connectivity index (χ0n) is 8.35. The monoisotopic (exact) mass is 306 g/mol. The summed E-state index contributed by atoms with van der Waals surface area (Å²) in [4.78, 5) is 0. The molecule has 0 unspecified atom stereocenters. The lowest BCUT2D eigenvalue weighted by Crippen LogP contribution is -1.81. The molecule has 0 saturated heterocycles. The smallest absolute Gasteiger partial charge is 0.124 e. The van der Waals surface area contributed by atoms with E-state index in [1.54, 1.807) is 24.3 Å². The van der Waals surface area contributed by atoms with E-state index in [2.05, 4.69) is 0 Å². The van der Waals surface area contributed by atoms with Crippen LogP contribution in [0.25, 0.3) is 11.1 Å². The summed E-state index contributed by atoms with van der Waals surface area (Å²) in [6.07, 6.45) is 0. The first-order valence-corrected chi connectivity index (χ1v) is 6.13. The van der Waals surface area contributed by atoms with Crippen molar-refractivity contribution in [3.8, 4) is 16.9 Å². The molecule has 88 valence electrons. The molecule has 0 spiro atoms. The second kappa shape index (κ2) is 4.95. The zero-order chi connectivity index (χ0) is 12.6. The molecule has 0 saturated carbocycles. The van der Waals surface area contributed by atoms with E-state index in [0.29, 0.717) is 31.2 Å². The molecule has 1 nitrogen and oxygen atoms in total. The summed E-state index contributed by atoms with van der Waals surface area (Å²) in [6.45, 7) is 0. The number of rotatable bonds is 1. The summed E-state index contributed by atoms with van der Waals surface area (Å²) < 4.78 is 0. The SMILES string of the molecule is Oc1cc(Cl)ccc1-c1cc(Cl)c(Cl)c(Cl)c1. The van der Waals surface area contributed by atoms with E-state index in [-0.39, 0.29) is 5.75 Å². The molecule has 2 aromatic rings. The zero-order valence-corrected chi connectivity index (χ0v) is 11.4. The van der Waals surface area contributed by atoms with E-state index in [0.717, 1.165) is 0 Å². The van der Waals surface area contributed by atoms with E-state index >= 15 is 0 Å². The Morgan fingerprint density at radius 1 is 0.824 bits per heavy atom. The molecule has 0 bridgehead atoms. The van der Waals surface area contributed by atoms with Crippen LogP contribution in [0.2, 0.25) is 20.1 Å². The van der Waals surface area contributed by atoms with Crippen LogP contribution in [0.1, 0.15) is 0 Å². The Kier molecular flexibility index (Phi) is 3.74. The summed E-state index contributed by atoms with van der Waals surface area (Å²) in [5.74, 6) is 0.0620.